The molecule has 14 heteroatoms. The largest absolute Gasteiger partial charge is 0.534 e. The molecule has 0 amide bonds. The maximum Gasteiger partial charge on any atom is 0.534 e. The van der Waals surface area contributed by atoms with Gasteiger partial charge in [0.1, 0.15) is 36.8 Å². The van der Waals surface area contributed by atoms with E-state index < -0.39 is 70.4 Å². The molecule has 1 aromatic carbocycles. The lowest BCUT2D eigenvalue weighted by Gasteiger charge is -2.42. The van der Waals surface area contributed by atoms with Crippen LogP contribution in [0.3, 0.4) is 0 Å². The van der Waals surface area contributed by atoms with E-state index in [1.807, 2.05) is 0 Å². The molecule has 2 rings (SSSR count). The zero-order chi connectivity index (χ0) is 23.6. The molecule has 1 heterocycles. The van der Waals surface area contributed by atoms with Gasteiger partial charge in [0, 0.05) is 13.8 Å². The van der Waals surface area contributed by atoms with Crippen molar-refractivity contribution in [1.82, 2.24) is 0 Å². The maximum atomic E-state index is 12.5. The molecular weight excluding hydrogens is 453 g/mol. The van der Waals surface area contributed by atoms with Crippen LogP contribution < -0.4 is 4.18 Å². The monoisotopic (exact) mass is 472 g/mol. The van der Waals surface area contributed by atoms with Crippen molar-refractivity contribution in [3.05, 3.63) is 29.8 Å². The third kappa shape index (κ3) is 6.06. The maximum absolute atomic E-state index is 12.5. The van der Waals surface area contributed by atoms with Gasteiger partial charge in [-0.05, 0) is 17.7 Å². The molecule has 5 atom stereocenters. The fraction of sp³-hybridized carbons (Fsp3) is 0.529. The second kappa shape index (κ2) is 9.38. The molecule has 1 saturated heterocycles. The van der Waals surface area contributed by atoms with Crippen LogP contribution in [0.5, 0.6) is 5.75 Å². The van der Waals surface area contributed by atoms with E-state index in [4.69, 9.17) is 14.2 Å². The van der Waals surface area contributed by atoms with Crippen LogP contribution in [0.25, 0.3) is 0 Å². The van der Waals surface area contributed by atoms with Crippen LogP contribution in [0.15, 0.2) is 24.3 Å². The van der Waals surface area contributed by atoms with E-state index in [0.29, 0.717) is 0 Å². The molecule has 1 aliphatic rings. The molecule has 0 bridgehead atoms. The van der Waals surface area contributed by atoms with Gasteiger partial charge in [-0.2, -0.15) is 21.6 Å². The zero-order valence-corrected chi connectivity index (χ0v) is 16.9. The minimum Gasteiger partial charge on any atom is -0.463 e. The molecule has 3 unspecified atom stereocenters. The summed E-state index contributed by atoms with van der Waals surface area (Å²) in [4.78, 5) is 22.4. The zero-order valence-electron chi connectivity index (χ0n) is 16.1. The van der Waals surface area contributed by atoms with Gasteiger partial charge in [0.25, 0.3) is 0 Å². The Kier molecular flexibility index (Phi) is 7.52. The van der Waals surface area contributed by atoms with Crippen molar-refractivity contribution >= 4 is 22.1 Å². The highest BCUT2D eigenvalue weighted by Crippen LogP contribution is 2.36. The molecular formula is C17H19F3O10S. The van der Waals surface area contributed by atoms with E-state index in [9.17, 15) is 41.4 Å². The average molecular weight is 472 g/mol. The second-order valence-electron chi connectivity index (χ2n) is 6.51. The van der Waals surface area contributed by atoms with Crippen molar-refractivity contribution in [2.24, 2.45) is 0 Å². The molecule has 1 aliphatic heterocycles. The Bertz CT molecular complexity index is 917. The minimum absolute atomic E-state index is 0.0597. The molecule has 0 spiro atoms. The van der Waals surface area contributed by atoms with E-state index in [1.165, 1.54) is 6.07 Å². The van der Waals surface area contributed by atoms with Crippen molar-refractivity contribution < 1.29 is 59.8 Å². The van der Waals surface area contributed by atoms with Crippen LogP contribution in [0.1, 0.15) is 25.5 Å². The van der Waals surface area contributed by atoms with Gasteiger partial charge in [-0.3, -0.25) is 9.59 Å². The van der Waals surface area contributed by atoms with Crippen molar-refractivity contribution in [2.45, 2.75) is 49.9 Å². The van der Waals surface area contributed by atoms with Gasteiger partial charge in [-0.15, -0.1) is 0 Å². The fourth-order valence-corrected chi connectivity index (χ4v) is 3.25. The molecule has 1 aromatic rings. The predicted octanol–water partition coefficient (Wildman–Crippen LogP) is 0.572. The number of halogens is 3. The van der Waals surface area contributed by atoms with Crippen LogP contribution >= 0.6 is 0 Å². The van der Waals surface area contributed by atoms with E-state index >= 15 is 0 Å². The van der Waals surface area contributed by atoms with E-state index in [0.717, 1.165) is 32.0 Å². The quantitative estimate of drug-likeness (QED) is 0.342. The third-order valence-corrected chi connectivity index (χ3v) is 5.09. The number of benzene rings is 1. The molecule has 0 aliphatic carbocycles. The van der Waals surface area contributed by atoms with Gasteiger partial charge in [0.05, 0.1) is 0 Å². The van der Waals surface area contributed by atoms with Gasteiger partial charge in [-0.1, -0.05) is 12.1 Å². The Hall–Kier alpha value is -2.42. The van der Waals surface area contributed by atoms with Gasteiger partial charge in [0.2, 0.25) is 0 Å². The highest BCUT2D eigenvalue weighted by atomic mass is 32.2. The summed E-state index contributed by atoms with van der Waals surface area (Å²) in [5.41, 5.74) is -5.72. The van der Waals surface area contributed by atoms with Crippen LogP contribution in [0.2, 0.25) is 0 Å². The number of alkyl halides is 3. The molecule has 0 saturated carbocycles. The first-order valence-corrected chi connectivity index (χ1v) is 10.1. The standard InChI is InChI=1S/C17H19F3O10S/c1-8(21)27-7-12-16(28-9(2)22)14(24)13(23)15(29-12)10-4-3-5-11(6-10)30-31(25,26)17(18,19)20/h3-6,12-16,23-24H,7H2,1-2H3/t12?,13?,14?,15-,16-/m1/s1. The van der Waals surface area contributed by atoms with Crippen molar-refractivity contribution in [2.75, 3.05) is 6.61 Å². The number of esters is 2. The summed E-state index contributed by atoms with van der Waals surface area (Å²) in [7, 11) is -5.94. The highest BCUT2D eigenvalue weighted by molar-refractivity contribution is 7.88. The van der Waals surface area contributed by atoms with Crippen molar-refractivity contribution in [1.29, 1.82) is 0 Å². The number of hydrogen-bond acceptors (Lipinski definition) is 10. The van der Waals surface area contributed by atoms with Crippen molar-refractivity contribution in [3.63, 3.8) is 0 Å². The second-order valence-corrected chi connectivity index (χ2v) is 8.05. The first kappa shape index (κ1) is 24.8. The van der Waals surface area contributed by atoms with Crippen LogP contribution in [0, 0.1) is 0 Å². The summed E-state index contributed by atoms with van der Waals surface area (Å²) in [6.07, 6.45) is -7.56. The summed E-state index contributed by atoms with van der Waals surface area (Å²) < 4.78 is 79.4. The van der Waals surface area contributed by atoms with Gasteiger partial charge in [0.15, 0.2) is 6.10 Å². The predicted molar refractivity (Wildman–Crippen MR) is 93.9 cm³/mol. The molecule has 1 fully saturated rings. The normalized spacial score (nSPS) is 26.7. The number of carbonyl (C=O) groups excluding carboxylic acids is 2. The summed E-state index contributed by atoms with van der Waals surface area (Å²) in [5, 5.41) is 20.8. The average Bonchev–Trinajstić information content (AvgIpc) is 2.63. The van der Waals surface area contributed by atoms with Crippen molar-refractivity contribution in [3.8, 4) is 5.75 Å². The molecule has 31 heavy (non-hydrogen) atoms. The number of ether oxygens (including phenoxy) is 3. The summed E-state index contributed by atoms with van der Waals surface area (Å²) in [6, 6.07) is 4.19. The lowest BCUT2D eigenvalue weighted by Crippen LogP contribution is -2.57. The topological polar surface area (TPSA) is 146 Å². The molecule has 2 N–H and O–H groups in total. The van der Waals surface area contributed by atoms with Crippen LogP contribution in [-0.2, 0) is 33.9 Å². The van der Waals surface area contributed by atoms with E-state index in [2.05, 4.69) is 4.18 Å². The van der Waals surface area contributed by atoms with E-state index in [-0.39, 0.29) is 5.56 Å². The van der Waals surface area contributed by atoms with E-state index in [1.54, 1.807) is 0 Å². The smallest absolute Gasteiger partial charge is 0.463 e. The van der Waals surface area contributed by atoms with Gasteiger partial charge < -0.3 is 28.6 Å². The highest BCUT2D eigenvalue weighted by Gasteiger charge is 2.49. The van der Waals surface area contributed by atoms with Crippen LogP contribution in [-0.4, -0.2) is 67.1 Å². The summed E-state index contributed by atoms with van der Waals surface area (Å²) >= 11 is 0. The Morgan fingerprint density at radius 2 is 1.77 bits per heavy atom. The summed E-state index contributed by atoms with van der Waals surface area (Å²) in [5.74, 6) is -2.26. The first-order chi connectivity index (χ1) is 14.2. The fourth-order valence-electron chi connectivity index (χ4n) is 2.80. The van der Waals surface area contributed by atoms with Gasteiger partial charge >= 0.3 is 27.6 Å². The minimum atomic E-state index is -5.94. The molecule has 10 nitrogen and oxygen atoms in total. The lowest BCUT2D eigenvalue weighted by molar-refractivity contribution is -0.242. The molecule has 0 aromatic heterocycles. The summed E-state index contributed by atoms with van der Waals surface area (Å²) in [6.45, 7) is 1.65. The third-order valence-electron chi connectivity index (χ3n) is 4.11. The Balaban J connectivity index is 2.32. The number of rotatable bonds is 6. The molecule has 0 radical (unpaired) electrons. The number of carbonyl (C=O) groups is 2. The number of hydrogen-bond donors (Lipinski definition) is 2. The Labute approximate surface area is 174 Å². The Morgan fingerprint density at radius 3 is 2.32 bits per heavy atom. The van der Waals surface area contributed by atoms with Crippen LogP contribution in [0.4, 0.5) is 13.2 Å². The SMILES string of the molecule is CC(=O)OCC1O[C@H](c2cccc(OS(=O)(=O)C(F)(F)F)c2)C(O)C(O)[C@@H]1OC(C)=O. The molecule has 174 valence electrons. The Morgan fingerprint density at radius 1 is 1.13 bits per heavy atom. The van der Waals surface area contributed by atoms with Gasteiger partial charge in [-0.25, -0.2) is 0 Å². The lowest BCUT2D eigenvalue weighted by atomic mass is 9.91. The first-order valence-electron chi connectivity index (χ1n) is 8.66. The number of aliphatic hydroxyl groups excluding tert-OH is 2. The number of aliphatic hydroxyl groups is 2.